The molecule has 2 rings (SSSR count). The zero-order chi connectivity index (χ0) is 19.1. The molecule has 0 saturated carbocycles. The van der Waals surface area contributed by atoms with Crippen molar-refractivity contribution in [2.75, 3.05) is 40.2 Å². The van der Waals surface area contributed by atoms with Gasteiger partial charge in [0.25, 0.3) is 5.91 Å². The Labute approximate surface area is 154 Å². The summed E-state index contributed by atoms with van der Waals surface area (Å²) in [6.45, 7) is 3.09. The highest BCUT2D eigenvalue weighted by atomic mass is 16.5. The maximum Gasteiger partial charge on any atom is 0.279 e. The predicted octanol–water partition coefficient (Wildman–Crippen LogP) is 1.67. The van der Waals surface area contributed by atoms with Gasteiger partial charge in [-0.3, -0.25) is 4.79 Å². The number of benzene rings is 2. The average Bonchev–Trinajstić information content (AvgIpc) is 2.62. The fourth-order valence-corrected chi connectivity index (χ4v) is 2.78. The minimum absolute atomic E-state index is 0.0473. The molecule has 0 heterocycles. The minimum atomic E-state index is -0.0473. The van der Waals surface area contributed by atoms with Crippen LogP contribution in [0.3, 0.4) is 0 Å². The van der Waals surface area contributed by atoms with Crippen LogP contribution in [-0.4, -0.2) is 40.8 Å². The van der Waals surface area contributed by atoms with Gasteiger partial charge in [-0.15, -0.1) is 0 Å². The quantitative estimate of drug-likeness (QED) is 0.753. The van der Waals surface area contributed by atoms with Gasteiger partial charge in [0.1, 0.15) is 12.3 Å². The molecule has 140 valence electrons. The lowest BCUT2D eigenvalue weighted by Gasteiger charge is -2.17. The third kappa shape index (κ3) is 5.13. The van der Waals surface area contributed by atoms with Crippen molar-refractivity contribution in [2.24, 2.45) is 0 Å². The van der Waals surface area contributed by atoms with E-state index in [1.807, 2.05) is 44.3 Å². The van der Waals surface area contributed by atoms with Crippen molar-refractivity contribution in [1.82, 2.24) is 0 Å². The minimum Gasteiger partial charge on any atom is -0.497 e. The summed E-state index contributed by atoms with van der Waals surface area (Å²) in [6, 6.07) is 11.3. The van der Waals surface area contributed by atoms with Crippen LogP contribution in [0.2, 0.25) is 0 Å². The van der Waals surface area contributed by atoms with Crippen LogP contribution in [0.4, 0.5) is 5.69 Å². The molecule has 6 nitrogen and oxygen atoms in total. The summed E-state index contributed by atoms with van der Waals surface area (Å²) >= 11 is 0. The maximum atomic E-state index is 12.3. The van der Waals surface area contributed by atoms with Crippen molar-refractivity contribution in [2.45, 2.75) is 13.5 Å². The summed E-state index contributed by atoms with van der Waals surface area (Å²) < 4.78 is 15.9. The molecular formula is C20H27N2O4+. The van der Waals surface area contributed by atoms with Gasteiger partial charge in [0.15, 0.2) is 18.0 Å². The third-order valence-corrected chi connectivity index (χ3v) is 4.15. The molecule has 0 bridgehead atoms. The number of rotatable bonds is 8. The van der Waals surface area contributed by atoms with Gasteiger partial charge >= 0.3 is 0 Å². The second kappa shape index (κ2) is 9.10. The van der Waals surface area contributed by atoms with Crippen LogP contribution < -0.4 is 24.4 Å². The topological polar surface area (TPSA) is 61.2 Å². The first-order valence-electron chi connectivity index (χ1n) is 8.43. The maximum absolute atomic E-state index is 12.3. The number of hydrogen-bond acceptors (Lipinski definition) is 4. The van der Waals surface area contributed by atoms with Gasteiger partial charge in [0.2, 0.25) is 0 Å². The first-order valence-corrected chi connectivity index (χ1v) is 8.43. The van der Waals surface area contributed by atoms with E-state index < -0.39 is 0 Å². The van der Waals surface area contributed by atoms with E-state index >= 15 is 0 Å². The molecule has 0 radical (unpaired) electrons. The summed E-state index contributed by atoms with van der Waals surface area (Å²) in [5.41, 5.74) is 2.95. The van der Waals surface area contributed by atoms with E-state index in [1.165, 1.54) is 0 Å². The molecule has 6 heteroatoms. The molecule has 2 aromatic rings. The van der Waals surface area contributed by atoms with Crippen LogP contribution in [-0.2, 0) is 11.3 Å². The molecule has 0 aliphatic carbocycles. The Morgan fingerprint density at radius 1 is 1.04 bits per heavy atom. The van der Waals surface area contributed by atoms with Crippen LogP contribution in [0.5, 0.6) is 17.2 Å². The third-order valence-electron chi connectivity index (χ3n) is 4.15. The van der Waals surface area contributed by atoms with Crippen molar-refractivity contribution < 1.29 is 23.9 Å². The summed E-state index contributed by atoms with van der Waals surface area (Å²) in [7, 11) is 6.83. The van der Waals surface area contributed by atoms with E-state index in [0.717, 1.165) is 21.7 Å². The molecule has 1 unspecified atom stereocenters. The molecule has 26 heavy (non-hydrogen) atoms. The lowest BCUT2D eigenvalue weighted by Crippen LogP contribution is -3.08. The standard InChI is InChI=1S/C20H26N2O4/c1-14-9-18(25-4)19(26-5)10-15(14)12-22(2)13-20(23)21-16-7-6-8-17(11-16)24-3/h6-11H,12-13H2,1-5H3,(H,21,23)/p+1. The van der Waals surface area contributed by atoms with E-state index in [9.17, 15) is 4.79 Å². The number of methoxy groups -OCH3 is 3. The first-order chi connectivity index (χ1) is 12.5. The van der Waals surface area contributed by atoms with Crippen molar-refractivity contribution in [3.63, 3.8) is 0 Å². The van der Waals surface area contributed by atoms with Gasteiger partial charge in [-0.1, -0.05) is 6.07 Å². The first kappa shape index (κ1) is 19.6. The van der Waals surface area contributed by atoms with Crippen molar-refractivity contribution in [3.8, 4) is 17.2 Å². The highest BCUT2D eigenvalue weighted by Crippen LogP contribution is 2.29. The summed E-state index contributed by atoms with van der Waals surface area (Å²) in [5.74, 6) is 2.07. The predicted molar refractivity (Wildman–Crippen MR) is 101 cm³/mol. The van der Waals surface area contributed by atoms with Crippen LogP contribution in [0.15, 0.2) is 36.4 Å². The number of carbonyl (C=O) groups excluding carboxylic acids is 1. The lowest BCUT2D eigenvalue weighted by atomic mass is 10.1. The van der Waals surface area contributed by atoms with Crippen molar-refractivity contribution in [1.29, 1.82) is 0 Å². The van der Waals surface area contributed by atoms with Crippen molar-refractivity contribution in [3.05, 3.63) is 47.5 Å². The average molecular weight is 359 g/mol. The number of likely N-dealkylation sites (N-methyl/N-ethyl adjacent to an activating group) is 1. The zero-order valence-electron chi connectivity index (χ0n) is 16.0. The largest absolute Gasteiger partial charge is 0.497 e. The number of ether oxygens (including phenoxy) is 3. The number of hydrogen-bond donors (Lipinski definition) is 2. The molecule has 1 atom stereocenters. The fraction of sp³-hybridized carbons (Fsp3) is 0.350. The Hall–Kier alpha value is -2.73. The second-order valence-corrected chi connectivity index (χ2v) is 6.22. The van der Waals surface area contributed by atoms with Crippen LogP contribution in [0.25, 0.3) is 0 Å². The van der Waals surface area contributed by atoms with Crippen molar-refractivity contribution >= 4 is 11.6 Å². The Morgan fingerprint density at radius 3 is 2.38 bits per heavy atom. The monoisotopic (exact) mass is 359 g/mol. The highest BCUT2D eigenvalue weighted by molar-refractivity contribution is 5.91. The molecular weight excluding hydrogens is 332 g/mol. The normalized spacial score (nSPS) is 11.6. The van der Waals surface area contributed by atoms with Crippen LogP contribution >= 0.6 is 0 Å². The number of quaternary nitrogens is 1. The second-order valence-electron chi connectivity index (χ2n) is 6.22. The van der Waals surface area contributed by atoms with Gasteiger partial charge in [-0.05, 0) is 36.8 Å². The number of carbonyl (C=O) groups is 1. The fourth-order valence-electron chi connectivity index (χ4n) is 2.78. The van der Waals surface area contributed by atoms with E-state index in [-0.39, 0.29) is 5.91 Å². The van der Waals surface area contributed by atoms with E-state index in [2.05, 4.69) is 5.32 Å². The lowest BCUT2D eigenvalue weighted by molar-refractivity contribution is -0.885. The molecule has 1 amide bonds. The Morgan fingerprint density at radius 2 is 1.73 bits per heavy atom. The van der Waals surface area contributed by atoms with Crippen LogP contribution in [0.1, 0.15) is 11.1 Å². The Kier molecular flexibility index (Phi) is 6.86. The molecule has 0 fully saturated rings. The van der Waals surface area contributed by atoms with E-state index in [4.69, 9.17) is 14.2 Å². The van der Waals surface area contributed by atoms with Gasteiger partial charge in [-0.25, -0.2) is 0 Å². The summed E-state index contributed by atoms with van der Waals surface area (Å²) in [5, 5.41) is 2.90. The molecule has 0 spiro atoms. The molecule has 0 saturated heterocycles. The SMILES string of the molecule is COc1cccc(NC(=O)C[NH+](C)Cc2cc(OC)c(OC)cc2C)c1. The molecule has 0 aliphatic heterocycles. The molecule has 2 aromatic carbocycles. The number of anilines is 1. The highest BCUT2D eigenvalue weighted by Gasteiger charge is 2.15. The van der Waals surface area contributed by atoms with Gasteiger partial charge in [0, 0.05) is 17.3 Å². The van der Waals surface area contributed by atoms with E-state index in [0.29, 0.717) is 30.3 Å². The molecule has 2 N–H and O–H groups in total. The Balaban J connectivity index is 1.99. The number of amides is 1. The van der Waals surface area contributed by atoms with E-state index in [1.54, 1.807) is 27.4 Å². The van der Waals surface area contributed by atoms with Gasteiger partial charge in [-0.2, -0.15) is 0 Å². The molecule has 0 aromatic heterocycles. The van der Waals surface area contributed by atoms with Crippen LogP contribution in [0, 0.1) is 6.92 Å². The number of nitrogens with one attached hydrogen (secondary N) is 2. The smallest absolute Gasteiger partial charge is 0.279 e. The van der Waals surface area contributed by atoms with Gasteiger partial charge in [0.05, 0.1) is 28.4 Å². The summed E-state index contributed by atoms with van der Waals surface area (Å²) in [4.78, 5) is 13.4. The Bertz CT molecular complexity index is 761. The molecule has 0 aliphatic rings. The zero-order valence-corrected chi connectivity index (χ0v) is 16.0. The number of aryl methyl sites for hydroxylation is 1. The van der Waals surface area contributed by atoms with Gasteiger partial charge < -0.3 is 24.4 Å². The summed E-state index contributed by atoms with van der Waals surface area (Å²) in [6.07, 6.45) is 0.